The molecular weight excluding hydrogens is 246 g/mol. The molecule has 0 rings (SSSR count). The van der Waals surface area contributed by atoms with E-state index in [-0.39, 0.29) is 0 Å². The van der Waals surface area contributed by atoms with E-state index in [2.05, 4.69) is 0 Å². The Morgan fingerprint density at radius 3 is 1.61 bits per heavy atom. The molecule has 0 aromatic heterocycles. The highest BCUT2D eigenvalue weighted by atomic mass is 16.4. The van der Waals surface area contributed by atoms with Crippen LogP contribution in [-0.4, -0.2) is 51.9 Å². The highest BCUT2D eigenvalue weighted by molar-refractivity contribution is 5.80. The number of carboxylic acid groups (broad SMARTS) is 3. The molecule has 0 bridgehead atoms. The van der Waals surface area contributed by atoms with Gasteiger partial charge in [-0.1, -0.05) is 0 Å². The largest absolute Gasteiger partial charge is 0.481 e. The molecule has 0 amide bonds. The van der Waals surface area contributed by atoms with Crippen molar-refractivity contribution in [2.75, 3.05) is 6.54 Å². The number of rotatable bonds is 7. The zero-order chi connectivity index (χ0) is 14.7. The standard InChI is InChI=1S/C5H12N2O2.C4H7NO4/c6-3-1-2-4(7)5(8)9;5-2(4(8)9)1-3(6)7/h4H,1-3,6-7H2,(H,8,9);2H,1,5H2,(H,6,7)(H,8,9)/t4-;2-/m10/s1. The second-order valence-electron chi connectivity index (χ2n) is 3.42. The minimum absolute atomic E-state index is 0.464. The second-order valence-corrected chi connectivity index (χ2v) is 3.42. The predicted octanol–water partition coefficient (Wildman–Crippen LogP) is -1.99. The lowest BCUT2D eigenvalue weighted by atomic mass is 10.2. The summed E-state index contributed by atoms with van der Waals surface area (Å²) in [5.74, 6) is -3.45. The van der Waals surface area contributed by atoms with Crippen LogP contribution in [0.25, 0.3) is 0 Å². The molecule has 0 aliphatic rings. The van der Waals surface area contributed by atoms with Crippen LogP contribution in [0.4, 0.5) is 0 Å². The lowest BCUT2D eigenvalue weighted by molar-refractivity contribution is -0.144. The fraction of sp³-hybridized carbons (Fsp3) is 0.667. The maximum atomic E-state index is 10.0. The van der Waals surface area contributed by atoms with Gasteiger partial charge in [-0.15, -0.1) is 0 Å². The first-order valence-corrected chi connectivity index (χ1v) is 5.11. The van der Waals surface area contributed by atoms with Gasteiger partial charge in [-0.05, 0) is 19.4 Å². The highest BCUT2D eigenvalue weighted by Crippen LogP contribution is 1.91. The molecule has 2 atom stereocenters. The molecule has 0 radical (unpaired) electrons. The fourth-order valence-electron chi connectivity index (χ4n) is 0.737. The van der Waals surface area contributed by atoms with Crippen molar-refractivity contribution in [2.24, 2.45) is 17.2 Å². The number of hydrogen-bond acceptors (Lipinski definition) is 6. The molecular formula is C9H19N3O6. The van der Waals surface area contributed by atoms with Gasteiger partial charge in [-0.25, -0.2) is 0 Å². The quantitative estimate of drug-likeness (QED) is 0.302. The molecule has 0 saturated carbocycles. The summed E-state index contributed by atoms with van der Waals surface area (Å²) in [5.41, 5.74) is 15.1. The molecule has 0 aliphatic heterocycles. The second kappa shape index (κ2) is 10.4. The molecule has 0 aliphatic carbocycles. The van der Waals surface area contributed by atoms with Crippen LogP contribution in [0.2, 0.25) is 0 Å². The van der Waals surface area contributed by atoms with Gasteiger partial charge in [0.25, 0.3) is 0 Å². The number of carboxylic acids is 3. The topological polar surface area (TPSA) is 190 Å². The van der Waals surface area contributed by atoms with Crippen molar-refractivity contribution in [3.05, 3.63) is 0 Å². The van der Waals surface area contributed by atoms with Crippen molar-refractivity contribution in [3.8, 4) is 0 Å². The Labute approximate surface area is 104 Å². The molecule has 9 N–H and O–H groups in total. The molecule has 18 heavy (non-hydrogen) atoms. The van der Waals surface area contributed by atoms with E-state index in [0.29, 0.717) is 19.4 Å². The summed E-state index contributed by atoms with van der Waals surface area (Å²) in [6, 6.07) is -2.03. The lowest BCUT2D eigenvalue weighted by Crippen LogP contribution is -2.32. The maximum absolute atomic E-state index is 10.0. The van der Waals surface area contributed by atoms with Gasteiger partial charge in [-0.3, -0.25) is 14.4 Å². The van der Waals surface area contributed by atoms with Crippen molar-refractivity contribution in [3.63, 3.8) is 0 Å². The van der Waals surface area contributed by atoms with E-state index in [1.54, 1.807) is 0 Å². The van der Waals surface area contributed by atoms with Gasteiger partial charge in [0.15, 0.2) is 0 Å². The normalized spacial score (nSPS) is 12.8. The van der Waals surface area contributed by atoms with E-state index >= 15 is 0 Å². The molecule has 9 heteroatoms. The van der Waals surface area contributed by atoms with Crippen molar-refractivity contribution in [2.45, 2.75) is 31.3 Å². The minimum Gasteiger partial charge on any atom is -0.481 e. The molecule has 0 heterocycles. The molecule has 9 nitrogen and oxygen atoms in total. The highest BCUT2D eigenvalue weighted by Gasteiger charge is 2.14. The van der Waals surface area contributed by atoms with Crippen LogP contribution >= 0.6 is 0 Å². The van der Waals surface area contributed by atoms with E-state index in [4.69, 9.17) is 32.5 Å². The molecule has 0 aromatic rings. The third-order valence-electron chi connectivity index (χ3n) is 1.75. The van der Waals surface area contributed by atoms with Crippen LogP contribution in [0.1, 0.15) is 19.3 Å². The van der Waals surface area contributed by atoms with Crippen molar-refractivity contribution >= 4 is 17.9 Å². The Bertz CT molecular complexity index is 283. The Balaban J connectivity index is 0. The summed E-state index contributed by atoms with van der Waals surface area (Å²) < 4.78 is 0. The van der Waals surface area contributed by atoms with Gasteiger partial charge in [0.1, 0.15) is 12.1 Å². The molecule has 106 valence electrons. The zero-order valence-electron chi connectivity index (χ0n) is 9.78. The zero-order valence-corrected chi connectivity index (χ0v) is 9.78. The van der Waals surface area contributed by atoms with Crippen LogP contribution in [0.5, 0.6) is 0 Å². The van der Waals surface area contributed by atoms with Gasteiger partial charge in [-0.2, -0.15) is 0 Å². The number of hydrogen-bond donors (Lipinski definition) is 6. The van der Waals surface area contributed by atoms with Crippen molar-refractivity contribution in [1.82, 2.24) is 0 Å². The SMILES string of the molecule is NCCC[C@@H](N)C(=O)O.N[C@@H](CC(=O)O)C(=O)O. The smallest absolute Gasteiger partial charge is 0.321 e. The first-order valence-electron chi connectivity index (χ1n) is 5.11. The monoisotopic (exact) mass is 265 g/mol. The van der Waals surface area contributed by atoms with Gasteiger partial charge >= 0.3 is 17.9 Å². The number of nitrogens with two attached hydrogens (primary N) is 3. The Hall–Kier alpha value is -1.71. The van der Waals surface area contributed by atoms with Crippen LogP contribution in [0, 0.1) is 0 Å². The Morgan fingerprint density at radius 2 is 1.39 bits per heavy atom. The van der Waals surface area contributed by atoms with Crippen LogP contribution in [0.3, 0.4) is 0 Å². The Kier molecular flexibility index (Phi) is 10.8. The van der Waals surface area contributed by atoms with Gasteiger partial charge < -0.3 is 32.5 Å². The number of aliphatic carboxylic acids is 3. The van der Waals surface area contributed by atoms with Gasteiger partial charge in [0.05, 0.1) is 6.42 Å². The Morgan fingerprint density at radius 1 is 0.944 bits per heavy atom. The van der Waals surface area contributed by atoms with Crippen LogP contribution < -0.4 is 17.2 Å². The number of carbonyl (C=O) groups is 3. The van der Waals surface area contributed by atoms with Crippen LogP contribution in [0.15, 0.2) is 0 Å². The van der Waals surface area contributed by atoms with Gasteiger partial charge in [0, 0.05) is 0 Å². The van der Waals surface area contributed by atoms with E-state index < -0.39 is 36.4 Å². The summed E-state index contributed by atoms with van der Waals surface area (Å²) in [5, 5.41) is 24.3. The minimum atomic E-state index is -1.29. The van der Waals surface area contributed by atoms with Crippen molar-refractivity contribution in [1.29, 1.82) is 0 Å². The summed E-state index contributed by atoms with van der Waals surface area (Å²) in [7, 11) is 0. The summed E-state index contributed by atoms with van der Waals surface area (Å²) in [6.45, 7) is 0.501. The average molecular weight is 265 g/mol. The van der Waals surface area contributed by atoms with E-state index in [0.717, 1.165) is 0 Å². The maximum Gasteiger partial charge on any atom is 0.321 e. The van der Waals surface area contributed by atoms with Gasteiger partial charge in [0.2, 0.25) is 0 Å². The fourth-order valence-corrected chi connectivity index (χ4v) is 0.737. The van der Waals surface area contributed by atoms with E-state index in [1.165, 1.54) is 0 Å². The van der Waals surface area contributed by atoms with E-state index in [1.807, 2.05) is 0 Å². The molecule has 0 unspecified atom stereocenters. The third-order valence-corrected chi connectivity index (χ3v) is 1.75. The first-order chi connectivity index (χ1) is 8.22. The summed E-state index contributed by atoms with van der Waals surface area (Å²) in [4.78, 5) is 29.7. The molecule has 0 spiro atoms. The summed E-state index contributed by atoms with van der Waals surface area (Å²) in [6.07, 6.45) is 0.606. The first kappa shape index (κ1) is 18.6. The van der Waals surface area contributed by atoms with Crippen molar-refractivity contribution < 1.29 is 29.7 Å². The van der Waals surface area contributed by atoms with E-state index in [9.17, 15) is 14.4 Å². The predicted molar refractivity (Wildman–Crippen MR) is 61.8 cm³/mol. The molecule has 0 saturated heterocycles. The third kappa shape index (κ3) is 12.4. The lowest BCUT2D eigenvalue weighted by Gasteiger charge is -2.02. The molecule has 0 fully saturated rings. The molecule has 0 aromatic carbocycles. The average Bonchev–Trinajstić information content (AvgIpc) is 2.25. The summed E-state index contributed by atoms with van der Waals surface area (Å²) >= 11 is 0. The van der Waals surface area contributed by atoms with Crippen LogP contribution in [-0.2, 0) is 14.4 Å².